The van der Waals surface area contributed by atoms with Gasteiger partial charge >= 0.3 is 5.97 Å². The van der Waals surface area contributed by atoms with Crippen LogP contribution in [0.5, 0.6) is 0 Å². The van der Waals surface area contributed by atoms with Crippen molar-refractivity contribution >= 4 is 17.5 Å². The molecule has 2 saturated heterocycles. The van der Waals surface area contributed by atoms with Crippen LogP contribution in [0.15, 0.2) is 23.5 Å². The Morgan fingerprint density at radius 2 is 1.94 bits per heavy atom. The molecule has 1 spiro atoms. The Bertz CT molecular complexity index is 1150. The summed E-state index contributed by atoms with van der Waals surface area (Å²) in [7, 11) is 0. The highest BCUT2D eigenvalue weighted by Gasteiger charge is 2.92. The molecule has 2 aliphatic carbocycles. The lowest BCUT2D eigenvalue weighted by Crippen LogP contribution is -2.80. The maximum atomic E-state index is 14.4. The molecule has 3 heterocycles. The number of hydrogen-bond acceptors (Lipinski definition) is 10. The van der Waals surface area contributed by atoms with E-state index in [4.69, 9.17) is 9.47 Å². The highest BCUT2D eigenvalue weighted by molar-refractivity contribution is 6.08. The minimum absolute atomic E-state index is 0.0317. The molecule has 6 N–H and O–H groups in total. The zero-order valence-corrected chi connectivity index (χ0v) is 21.0. The summed E-state index contributed by atoms with van der Waals surface area (Å²) in [5, 5.41) is 62.3. The molecule has 11 nitrogen and oxygen atoms in total. The predicted molar refractivity (Wildman–Crippen MR) is 123 cm³/mol. The number of nitrogens with zero attached hydrogens (tertiary/aromatic N) is 1. The molecule has 36 heavy (non-hydrogen) atoms. The largest absolute Gasteiger partial charge is 0.446 e. The molecule has 1 aromatic rings. The van der Waals surface area contributed by atoms with Gasteiger partial charge in [0, 0.05) is 12.6 Å². The maximum Gasteiger partial charge on any atom is 0.355 e. The van der Waals surface area contributed by atoms with E-state index in [1.807, 2.05) is 0 Å². The van der Waals surface area contributed by atoms with Crippen LogP contribution in [0.3, 0.4) is 0 Å². The molecule has 2 saturated carbocycles. The first-order valence-corrected chi connectivity index (χ1v) is 12.3. The monoisotopic (exact) mass is 506 g/mol. The SMILES string of the molecule is CC(C)[C@@]1(O)[C@@H](OC(=O)c2ccc[nH]2)C(=O)[C@@]2(C)C[C@]3(O)O[C@]4(/C(=N\O)[C@]13C)[C@H](O)[C@@H](C)CC[C@@]42O. The van der Waals surface area contributed by atoms with E-state index >= 15 is 0 Å². The van der Waals surface area contributed by atoms with E-state index in [1.54, 1.807) is 26.8 Å². The molecule has 0 aromatic carbocycles. The number of aliphatic hydroxyl groups is 4. The van der Waals surface area contributed by atoms with Crippen LogP contribution < -0.4 is 0 Å². The van der Waals surface area contributed by atoms with Gasteiger partial charge in [0.1, 0.15) is 22.6 Å². The molecule has 9 atom stereocenters. The summed E-state index contributed by atoms with van der Waals surface area (Å²) in [6, 6.07) is 3.01. The Morgan fingerprint density at radius 3 is 2.50 bits per heavy atom. The van der Waals surface area contributed by atoms with Crippen LogP contribution in [0.2, 0.25) is 0 Å². The Kier molecular flexibility index (Phi) is 5.04. The summed E-state index contributed by atoms with van der Waals surface area (Å²) in [4.78, 5) is 30.2. The van der Waals surface area contributed by atoms with Crippen molar-refractivity contribution < 1.29 is 44.7 Å². The molecule has 4 aliphatic rings. The van der Waals surface area contributed by atoms with Crippen molar-refractivity contribution in [1.29, 1.82) is 0 Å². The van der Waals surface area contributed by atoms with Crippen LogP contribution in [-0.2, 0) is 14.3 Å². The normalized spacial score (nSPS) is 50.9. The fourth-order valence-electron chi connectivity index (χ4n) is 7.77. The van der Waals surface area contributed by atoms with E-state index in [1.165, 1.54) is 26.1 Å². The summed E-state index contributed by atoms with van der Waals surface area (Å²) in [5.41, 5.74) is -11.0. The number of H-pyrrole nitrogens is 1. The summed E-state index contributed by atoms with van der Waals surface area (Å²) >= 11 is 0. The smallest absolute Gasteiger partial charge is 0.355 e. The van der Waals surface area contributed by atoms with Gasteiger partial charge in [-0.05, 0) is 50.7 Å². The van der Waals surface area contributed by atoms with Crippen LogP contribution >= 0.6 is 0 Å². The number of hydrogen-bond donors (Lipinski definition) is 6. The van der Waals surface area contributed by atoms with Crippen molar-refractivity contribution in [2.75, 3.05) is 0 Å². The molecule has 2 aliphatic heterocycles. The molecule has 198 valence electrons. The molecule has 3 bridgehead atoms. The number of carbonyl (C=O) groups excluding carboxylic acids is 2. The van der Waals surface area contributed by atoms with Gasteiger partial charge in [0.25, 0.3) is 0 Å². The number of Topliss-reactive ketones (excluding diaryl/α,β-unsaturated/α-hetero) is 1. The van der Waals surface area contributed by atoms with Crippen molar-refractivity contribution in [1.82, 2.24) is 4.98 Å². The number of ketones is 1. The van der Waals surface area contributed by atoms with Gasteiger partial charge in [-0.2, -0.15) is 0 Å². The Balaban J connectivity index is 1.84. The second kappa shape index (κ2) is 7.16. The van der Waals surface area contributed by atoms with Crippen LogP contribution in [0.25, 0.3) is 0 Å². The molecule has 0 amide bonds. The standard InChI is InChI=1S/C25H34N2O9/c1-12(2)24(33)17(35-18(30)14-7-6-10-26-14)16(29)20(4)11-23(32)21(24,5)19(27-34)25(36-23)15(28)13(3)8-9-22(20,25)31/h6-7,10,12-13,15,17,26,28,31-34H,8-9,11H2,1-5H3/b27-19-/t13-,15+,17-,20+,21-,22-,23-,24+,25-/m0/s1. The van der Waals surface area contributed by atoms with E-state index in [9.17, 15) is 35.2 Å². The highest BCUT2D eigenvalue weighted by Crippen LogP contribution is 2.74. The van der Waals surface area contributed by atoms with Gasteiger partial charge in [-0.25, -0.2) is 4.79 Å². The maximum absolute atomic E-state index is 14.4. The minimum atomic E-state index is -2.37. The first-order valence-electron chi connectivity index (χ1n) is 12.3. The number of rotatable bonds is 3. The summed E-state index contributed by atoms with van der Waals surface area (Å²) < 4.78 is 11.9. The molecule has 5 rings (SSSR count). The number of aromatic amines is 1. The second-order valence-corrected chi connectivity index (χ2v) is 11.7. The molecular weight excluding hydrogens is 472 g/mol. The van der Waals surface area contributed by atoms with Gasteiger partial charge in [0.2, 0.25) is 0 Å². The molecule has 4 fully saturated rings. The molecule has 0 unspecified atom stereocenters. The molecule has 11 heteroatoms. The van der Waals surface area contributed by atoms with Crippen LogP contribution in [0.1, 0.15) is 64.4 Å². The topological polar surface area (TPSA) is 182 Å². The number of ether oxygens (including phenoxy) is 2. The van der Waals surface area contributed by atoms with Crippen LogP contribution in [0, 0.1) is 22.7 Å². The van der Waals surface area contributed by atoms with Gasteiger partial charge in [-0.1, -0.05) is 25.9 Å². The summed E-state index contributed by atoms with van der Waals surface area (Å²) in [5.74, 6) is -5.42. The van der Waals surface area contributed by atoms with Gasteiger partial charge < -0.3 is 40.1 Å². The molecular formula is C25H34N2O9. The lowest BCUT2D eigenvalue weighted by Gasteiger charge is -2.62. The highest BCUT2D eigenvalue weighted by atomic mass is 16.7. The summed E-state index contributed by atoms with van der Waals surface area (Å²) in [6.45, 7) is 7.66. The zero-order valence-electron chi connectivity index (χ0n) is 21.0. The number of fused-ring (bicyclic) bond motifs is 2. The Morgan fingerprint density at radius 1 is 1.28 bits per heavy atom. The van der Waals surface area contributed by atoms with E-state index in [2.05, 4.69) is 10.1 Å². The van der Waals surface area contributed by atoms with Gasteiger partial charge in [-0.3, -0.25) is 4.79 Å². The Labute approximate surface area is 208 Å². The number of carbonyl (C=O) groups is 2. The molecule has 1 aromatic heterocycles. The minimum Gasteiger partial charge on any atom is -0.446 e. The first kappa shape index (κ1) is 25.3. The van der Waals surface area contributed by atoms with E-state index < -0.39 is 75.6 Å². The second-order valence-electron chi connectivity index (χ2n) is 11.7. The van der Waals surface area contributed by atoms with Gasteiger partial charge in [0.15, 0.2) is 23.3 Å². The number of aliphatic hydroxyl groups excluding tert-OH is 1. The fourth-order valence-corrected chi connectivity index (χ4v) is 7.77. The quantitative estimate of drug-likeness (QED) is 0.196. The van der Waals surface area contributed by atoms with Crippen molar-refractivity contribution in [3.63, 3.8) is 0 Å². The third kappa shape index (κ3) is 2.35. The van der Waals surface area contributed by atoms with Crippen LogP contribution in [-0.4, -0.2) is 82.9 Å². The number of nitrogens with one attached hydrogen (secondary N) is 1. The zero-order chi connectivity index (χ0) is 26.7. The Hall–Kier alpha value is -2.31. The lowest BCUT2D eigenvalue weighted by atomic mass is 9.48. The van der Waals surface area contributed by atoms with Crippen molar-refractivity contribution in [3.05, 3.63) is 24.0 Å². The third-order valence-corrected chi connectivity index (χ3v) is 9.98. The van der Waals surface area contributed by atoms with E-state index in [0.29, 0.717) is 6.42 Å². The van der Waals surface area contributed by atoms with Crippen molar-refractivity contribution in [3.8, 4) is 0 Å². The lowest BCUT2D eigenvalue weighted by molar-refractivity contribution is -0.383. The fraction of sp³-hybridized carbons (Fsp3) is 0.720. The van der Waals surface area contributed by atoms with E-state index in [-0.39, 0.29) is 17.8 Å². The van der Waals surface area contributed by atoms with Crippen molar-refractivity contribution in [2.45, 2.75) is 88.7 Å². The first-order chi connectivity index (χ1) is 16.6. The van der Waals surface area contributed by atoms with Crippen molar-refractivity contribution in [2.24, 2.45) is 27.8 Å². The average Bonchev–Trinajstić information content (AvgIpc) is 3.40. The third-order valence-electron chi connectivity index (χ3n) is 9.98. The average molecular weight is 507 g/mol. The molecule has 0 radical (unpaired) electrons. The number of oxime groups is 1. The van der Waals surface area contributed by atoms with Gasteiger partial charge in [-0.15, -0.1) is 0 Å². The van der Waals surface area contributed by atoms with Crippen LogP contribution in [0.4, 0.5) is 0 Å². The van der Waals surface area contributed by atoms with E-state index in [0.717, 1.165) is 0 Å². The number of esters is 1. The summed E-state index contributed by atoms with van der Waals surface area (Å²) in [6.07, 6.45) is -2.07. The number of aromatic nitrogens is 1. The van der Waals surface area contributed by atoms with Gasteiger partial charge in [0.05, 0.1) is 16.9 Å². The predicted octanol–water partition coefficient (Wildman–Crippen LogP) is 0.736.